The number of nitrogens with zero attached hydrogens (tertiary/aromatic N) is 3. The zero-order valence-corrected chi connectivity index (χ0v) is 29.1. The third kappa shape index (κ3) is 8.17. The molecule has 0 unspecified atom stereocenters. The summed E-state index contributed by atoms with van der Waals surface area (Å²) in [6.07, 6.45) is -0.562. The zero-order valence-electron chi connectivity index (χ0n) is 27.5. The van der Waals surface area contributed by atoms with Gasteiger partial charge < -0.3 is 26.0 Å². The van der Waals surface area contributed by atoms with Gasteiger partial charge in [-0.05, 0) is 93.3 Å². The van der Waals surface area contributed by atoms with Crippen molar-refractivity contribution in [3.63, 3.8) is 0 Å². The predicted molar refractivity (Wildman–Crippen MR) is 181 cm³/mol. The Morgan fingerprint density at radius 3 is 2.10 bits per heavy atom. The lowest BCUT2D eigenvalue weighted by molar-refractivity contribution is -0.154. The number of ether oxygens (including phenoxy) is 1. The van der Waals surface area contributed by atoms with Crippen molar-refractivity contribution in [2.75, 3.05) is 23.8 Å². The Morgan fingerprint density at radius 1 is 0.865 bits per heavy atom. The smallest absolute Gasteiger partial charge is 0.422 e. The molecule has 0 saturated heterocycles. The van der Waals surface area contributed by atoms with Crippen molar-refractivity contribution in [1.29, 1.82) is 0 Å². The predicted octanol–water partition coefficient (Wildman–Crippen LogP) is 4.08. The first-order chi connectivity index (χ1) is 24.6. The van der Waals surface area contributed by atoms with Crippen LogP contribution in [0.2, 0.25) is 5.02 Å². The average molecular weight is 763 g/mol. The molecule has 7 rings (SSSR count). The monoisotopic (exact) mass is 762 g/mol. The molecule has 19 heteroatoms. The molecule has 4 saturated carbocycles. The molecule has 0 radical (unpaired) electrons. The van der Waals surface area contributed by atoms with Gasteiger partial charge in [0.15, 0.2) is 6.61 Å². The van der Waals surface area contributed by atoms with E-state index >= 15 is 0 Å². The maximum Gasteiger partial charge on any atom is 0.422 e. The van der Waals surface area contributed by atoms with E-state index in [-0.39, 0.29) is 24.0 Å². The van der Waals surface area contributed by atoms with Crippen molar-refractivity contribution in [1.82, 2.24) is 30.3 Å². The number of anilines is 3. The van der Waals surface area contributed by atoms with E-state index in [1.807, 2.05) is 12.1 Å². The normalized spacial score (nSPS) is 19.1. The molecule has 3 aromatic rings. The molecule has 276 valence electrons. The van der Waals surface area contributed by atoms with Gasteiger partial charge in [0, 0.05) is 22.8 Å². The molecular weight excluding hydrogens is 729 g/mol. The van der Waals surface area contributed by atoms with Gasteiger partial charge in [0.05, 0.1) is 16.2 Å². The lowest BCUT2D eigenvalue weighted by Crippen LogP contribution is -2.53. The van der Waals surface area contributed by atoms with Crippen molar-refractivity contribution in [3.8, 4) is 6.01 Å². The van der Waals surface area contributed by atoms with Gasteiger partial charge in [-0.3, -0.25) is 19.1 Å². The summed E-state index contributed by atoms with van der Waals surface area (Å²) in [4.78, 5) is 51.3. The first kappa shape index (κ1) is 35.7. The van der Waals surface area contributed by atoms with Crippen LogP contribution in [0, 0.1) is 5.41 Å². The Morgan fingerprint density at radius 2 is 1.52 bits per heavy atom. The Bertz CT molecular complexity index is 2000. The SMILES string of the molecule is O=C(NCC1(C(=O)NC2(C(=O)NS(=O)(=O)C3CC3)CC2)CC1)c1ccc(Nc2nc(NC3(c4ccc(Cl)cc4)CC3)nc(OCC(F)(F)F)n2)cc1. The summed E-state index contributed by atoms with van der Waals surface area (Å²) in [6.45, 7) is -1.60. The summed E-state index contributed by atoms with van der Waals surface area (Å²) < 4.78 is 70.2. The van der Waals surface area contributed by atoms with Crippen LogP contribution in [0.4, 0.5) is 30.8 Å². The van der Waals surface area contributed by atoms with Gasteiger partial charge in [0.1, 0.15) is 5.54 Å². The highest BCUT2D eigenvalue weighted by atomic mass is 35.5. The molecule has 1 heterocycles. The summed E-state index contributed by atoms with van der Waals surface area (Å²) in [5.74, 6) is -1.73. The van der Waals surface area contributed by atoms with Gasteiger partial charge >= 0.3 is 12.2 Å². The first-order valence-corrected chi connectivity index (χ1v) is 18.5. The minimum Gasteiger partial charge on any atom is -0.454 e. The number of hydrogen-bond donors (Lipinski definition) is 5. The maximum atomic E-state index is 13.2. The highest BCUT2D eigenvalue weighted by molar-refractivity contribution is 7.91. The Hall–Kier alpha value is -4.71. The van der Waals surface area contributed by atoms with Gasteiger partial charge in [0.2, 0.25) is 27.8 Å². The molecule has 1 aromatic heterocycles. The number of carbonyl (C=O) groups excluding carboxylic acids is 3. The third-order valence-electron chi connectivity index (χ3n) is 9.54. The second-order valence-electron chi connectivity index (χ2n) is 13.8. The molecule has 2 aromatic carbocycles. The average Bonchev–Trinajstić information content (AvgIpc) is 3.89. The third-order valence-corrected chi connectivity index (χ3v) is 11.6. The molecule has 5 N–H and O–H groups in total. The largest absolute Gasteiger partial charge is 0.454 e. The number of amides is 3. The molecular formula is C33H34ClF3N8O6S. The van der Waals surface area contributed by atoms with Gasteiger partial charge in [-0.1, -0.05) is 23.7 Å². The number of benzene rings is 2. The second kappa shape index (κ2) is 13.1. The topological polar surface area (TPSA) is 193 Å². The molecule has 0 bridgehead atoms. The number of nitrogens with one attached hydrogen (secondary N) is 5. The lowest BCUT2D eigenvalue weighted by atomic mass is 10.0. The number of carbonyl (C=O) groups is 3. The van der Waals surface area contributed by atoms with Crippen LogP contribution in [0.25, 0.3) is 0 Å². The molecule has 3 amide bonds. The van der Waals surface area contributed by atoms with Gasteiger partial charge in [0.25, 0.3) is 11.8 Å². The van der Waals surface area contributed by atoms with E-state index < -0.39 is 68.3 Å². The summed E-state index contributed by atoms with van der Waals surface area (Å²) in [6, 6.07) is 12.7. The molecule has 4 aliphatic carbocycles. The fraction of sp³-hybridized carbons (Fsp3) is 0.455. The van der Waals surface area contributed by atoms with Gasteiger partial charge in [-0.25, -0.2) is 8.42 Å². The Balaban J connectivity index is 0.969. The lowest BCUT2D eigenvalue weighted by Gasteiger charge is -2.22. The van der Waals surface area contributed by atoms with Crippen molar-refractivity contribution in [2.24, 2.45) is 5.41 Å². The molecule has 14 nitrogen and oxygen atoms in total. The highest BCUT2D eigenvalue weighted by Crippen LogP contribution is 2.49. The van der Waals surface area contributed by atoms with Crippen LogP contribution in [-0.4, -0.2) is 71.2 Å². The summed E-state index contributed by atoms with van der Waals surface area (Å²) >= 11 is 6.03. The van der Waals surface area contributed by atoms with E-state index in [9.17, 15) is 36.0 Å². The van der Waals surface area contributed by atoms with E-state index in [1.165, 1.54) is 12.1 Å². The van der Waals surface area contributed by atoms with Crippen LogP contribution in [0.1, 0.15) is 67.3 Å². The Labute approximate surface area is 301 Å². The number of aromatic nitrogens is 3. The molecule has 0 aliphatic heterocycles. The highest BCUT2D eigenvalue weighted by Gasteiger charge is 2.58. The molecule has 0 spiro atoms. The van der Waals surface area contributed by atoms with Crippen molar-refractivity contribution < 1.29 is 40.7 Å². The molecule has 0 atom stereocenters. The standard InChI is InChI=1S/C33H34ClF3N8O6S/c34-21-5-3-20(4-6-21)31(13-14-31)44-28-40-27(41-29(42-28)51-18-33(35,36)37)39-22-7-1-19(2-8-22)24(46)38-17-30(11-12-30)25(47)43-32(15-16-32)26(48)45-52(49,50)23-9-10-23/h1-8,23H,9-18H2,(H,38,46)(H,43,47)(H,45,48)(H2,39,40,41,42,44). The van der Waals surface area contributed by atoms with E-state index in [1.54, 1.807) is 24.3 Å². The van der Waals surface area contributed by atoms with Crippen LogP contribution in [0.3, 0.4) is 0 Å². The molecule has 4 aliphatic rings. The van der Waals surface area contributed by atoms with E-state index in [4.69, 9.17) is 16.3 Å². The summed E-state index contributed by atoms with van der Waals surface area (Å²) in [5, 5.41) is 11.6. The number of hydrogen-bond acceptors (Lipinski definition) is 11. The Kier molecular flexibility index (Phi) is 8.96. The number of rotatable bonds is 15. The fourth-order valence-electron chi connectivity index (χ4n) is 5.67. The van der Waals surface area contributed by atoms with Crippen LogP contribution in [0.5, 0.6) is 6.01 Å². The van der Waals surface area contributed by atoms with Gasteiger partial charge in [-0.2, -0.15) is 28.1 Å². The molecule has 52 heavy (non-hydrogen) atoms. The van der Waals surface area contributed by atoms with E-state index in [2.05, 4.69) is 40.9 Å². The molecule has 4 fully saturated rings. The van der Waals surface area contributed by atoms with Crippen molar-refractivity contribution >= 4 is 56.9 Å². The van der Waals surface area contributed by atoms with E-state index in [0.29, 0.717) is 49.2 Å². The van der Waals surface area contributed by atoms with Crippen LogP contribution >= 0.6 is 11.6 Å². The fourth-order valence-corrected chi connectivity index (χ4v) is 7.17. The van der Waals surface area contributed by atoms with Crippen LogP contribution < -0.4 is 30.7 Å². The quantitative estimate of drug-likeness (QED) is 0.150. The first-order valence-electron chi connectivity index (χ1n) is 16.6. The zero-order chi connectivity index (χ0) is 36.9. The van der Waals surface area contributed by atoms with Crippen molar-refractivity contribution in [2.45, 2.75) is 73.9 Å². The van der Waals surface area contributed by atoms with Crippen molar-refractivity contribution in [3.05, 3.63) is 64.7 Å². The van der Waals surface area contributed by atoms with E-state index in [0.717, 1.165) is 18.4 Å². The van der Waals surface area contributed by atoms with Crippen LogP contribution in [0.15, 0.2) is 48.5 Å². The number of halogens is 4. The summed E-state index contributed by atoms with van der Waals surface area (Å²) in [5.41, 5.74) is -1.14. The number of sulfonamides is 1. The maximum absolute atomic E-state index is 13.2. The second-order valence-corrected chi connectivity index (χ2v) is 16.2. The summed E-state index contributed by atoms with van der Waals surface area (Å²) in [7, 11) is -3.76. The van der Waals surface area contributed by atoms with Gasteiger partial charge in [-0.15, -0.1) is 0 Å². The minimum atomic E-state index is -4.62. The van der Waals surface area contributed by atoms with Crippen LogP contribution in [-0.2, 0) is 25.2 Å². The minimum absolute atomic E-state index is 0.00677. The number of alkyl halides is 3.